The number of rotatable bonds is 10. The average Bonchev–Trinajstić information content (AvgIpc) is 2.40. The van der Waals surface area contributed by atoms with Crippen LogP contribution in [0.25, 0.3) is 0 Å². The van der Waals surface area contributed by atoms with Crippen LogP contribution in [0.1, 0.15) is 32.8 Å². The van der Waals surface area contributed by atoms with Crippen molar-refractivity contribution in [3.63, 3.8) is 0 Å². The Bertz CT molecular complexity index is 383. The summed E-state index contributed by atoms with van der Waals surface area (Å²) < 4.78 is 24.4. The first-order chi connectivity index (χ1) is 9.63. The van der Waals surface area contributed by atoms with Crippen LogP contribution in [0.3, 0.4) is 0 Å². The summed E-state index contributed by atoms with van der Waals surface area (Å²) >= 11 is 0. The Labute approximate surface area is 121 Å². The van der Waals surface area contributed by atoms with Gasteiger partial charge in [0, 0.05) is 26.2 Å². The van der Waals surface area contributed by atoms with Gasteiger partial charge in [-0.05, 0) is 37.1 Å². The van der Waals surface area contributed by atoms with Crippen LogP contribution in [0.15, 0.2) is 18.2 Å². The molecular formula is C16H26FNO2. The molecule has 0 atom stereocenters. The highest BCUT2D eigenvalue weighted by atomic mass is 19.1. The first-order valence-corrected chi connectivity index (χ1v) is 7.33. The Balaban J connectivity index is 2.35. The van der Waals surface area contributed by atoms with E-state index >= 15 is 0 Å². The first kappa shape index (κ1) is 16.9. The summed E-state index contributed by atoms with van der Waals surface area (Å²) in [7, 11) is 0. The Morgan fingerprint density at radius 3 is 2.70 bits per heavy atom. The van der Waals surface area contributed by atoms with Gasteiger partial charge in [0.2, 0.25) is 0 Å². The van der Waals surface area contributed by atoms with Gasteiger partial charge >= 0.3 is 0 Å². The molecule has 0 aliphatic rings. The van der Waals surface area contributed by atoms with Crippen molar-refractivity contribution in [1.82, 2.24) is 5.32 Å². The number of benzene rings is 1. The van der Waals surface area contributed by atoms with Crippen LogP contribution in [-0.4, -0.2) is 26.4 Å². The fourth-order valence-corrected chi connectivity index (χ4v) is 1.76. The molecule has 0 aromatic heterocycles. The van der Waals surface area contributed by atoms with Crippen LogP contribution in [0.2, 0.25) is 0 Å². The van der Waals surface area contributed by atoms with E-state index in [1.54, 1.807) is 6.07 Å². The van der Waals surface area contributed by atoms with E-state index in [1.807, 2.05) is 13.0 Å². The largest absolute Gasteiger partial charge is 0.490 e. The van der Waals surface area contributed by atoms with Crippen molar-refractivity contribution in [3.8, 4) is 5.75 Å². The van der Waals surface area contributed by atoms with Gasteiger partial charge in [0.15, 0.2) is 11.6 Å². The van der Waals surface area contributed by atoms with E-state index in [9.17, 15) is 4.39 Å². The third-order valence-electron chi connectivity index (χ3n) is 2.77. The van der Waals surface area contributed by atoms with Crippen LogP contribution in [0.5, 0.6) is 5.75 Å². The molecule has 0 saturated carbocycles. The molecule has 0 fully saturated rings. The Hall–Kier alpha value is -1.13. The van der Waals surface area contributed by atoms with Gasteiger partial charge in [0.1, 0.15) is 0 Å². The van der Waals surface area contributed by atoms with Gasteiger partial charge in [0.05, 0.1) is 6.61 Å². The lowest BCUT2D eigenvalue weighted by atomic mass is 10.2. The number of hydrogen-bond donors (Lipinski definition) is 1. The number of hydrogen-bond acceptors (Lipinski definition) is 3. The van der Waals surface area contributed by atoms with E-state index < -0.39 is 0 Å². The molecule has 0 unspecified atom stereocenters. The molecule has 1 aromatic carbocycles. The molecule has 1 aromatic rings. The van der Waals surface area contributed by atoms with E-state index in [0.29, 0.717) is 38.0 Å². The minimum absolute atomic E-state index is 0.301. The maximum atomic E-state index is 13.8. The SMILES string of the molecule is CCOCCCOc1ccc(CNCC(C)C)cc1F. The molecule has 4 heteroatoms. The molecule has 0 heterocycles. The lowest BCUT2D eigenvalue weighted by Gasteiger charge is -2.10. The molecule has 3 nitrogen and oxygen atoms in total. The summed E-state index contributed by atoms with van der Waals surface area (Å²) in [5.41, 5.74) is 0.935. The van der Waals surface area contributed by atoms with Crippen LogP contribution in [-0.2, 0) is 11.3 Å². The monoisotopic (exact) mass is 283 g/mol. The summed E-state index contributed by atoms with van der Waals surface area (Å²) in [6, 6.07) is 5.13. The van der Waals surface area contributed by atoms with Crippen molar-refractivity contribution in [1.29, 1.82) is 0 Å². The van der Waals surface area contributed by atoms with Gasteiger partial charge in [-0.3, -0.25) is 0 Å². The zero-order valence-electron chi connectivity index (χ0n) is 12.7. The van der Waals surface area contributed by atoms with E-state index in [0.717, 1.165) is 18.5 Å². The van der Waals surface area contributed by atoms with Crippen molar-refractivity contribution in [2.75, 3.05) is 26.4 Å². The van der Waals surface area contributed by atoms with Crippen LogP contribution in [0.4, 0.5) is 4.39 Å². The number of ether oxygens (including phenoxy) is 2. The molecule has 0 spiro atoms. The third-order valence-corrected chi connectivity index (χ3v) is 2.77. The highest BCUT2D eigenvalue weighted by Crippen LogP contribution is 2.18. The predicted molar refractivity (Wildman–Crippen MR) is 79.5 cm³/mol. The summed E-state index contributed by atoms with van der Waals surface area (Å²) in [6.45, 7) is 9.67. The summed E-state index contributed by atoms with van der Waals surface area (Å²) in [4.78, 5) is 0. The zero-order valence-corrected chi connectivity index (χ0v) is 12.7. The van der Waals surface area contributed by atoms with Gasteiger partial charge in [-0.1, -0.05) is 19.9 Å². The number of nitrogens with one attached hydrogen (secondary N) is 1. The van der Waals surface area contributed by atoms with Crippen LogP contribution in [0, 0.1) is 11.7 Å². The third kappa shape index (κ3) is 6.87. The Morgan fingerprint density at radius 2 is 2.05 bits per heavy atom. The topological polar surface area (TPSA) is 30.5 Å². The summed E-state index contributed by atoms with van der Waals surface area (Å²) in [5.74, 6) is 0.604. The summed E-state index contributed by atoms with van der Waals surface area (Å²) in [6.07, 6.45) is 0.769. The second-order valence-electron chi connectivity index (χ2n) is 5.19. The Morgan fingerprint density at radius 1 is 1.25 bits per heavy atom. The average molecular weight is 283 g/mol. The van der Waals surface area contributed by atoms with Crippen molar-refractivity contribution in [2.24, 2.45) is 5.92 Å². The van der Waals surface area contributed by atoms with Gasteiger partial charge < -0.3 is 14.8 Å². The second-order valence-corrected chi connectivity index (χ2v) is 5.19. The highest BCUT2D eigenvalue weighted by molar-refractivity contribution is 5.29. The van der Waals surface area contributed by atoms with E-state index in [2.05, 4.69) is 19.2 Å². The molecule has 0 bridgehead atoms. The summed E-state index contributed by atoms with van der Waals surface area (Å²) in [5, 5.41) is 3.29. The van der Waals surface area contributed by atoms with Crippen molar-refractivity contribution in [2.45, 2.75) is 33.7 Å². The fourth-order valence-electron chi connectivity index (χ4n) is 1.76. The van der Waals surface area contributed by atoms with Gasteiger partial charge in [0.25, 0.3) is 0 Å². The van der Waals surface area contributed by atoms with Crippen molar-refractivity contribution < 1.29 is 13.9 Å². The van der Waals surface area contributed by atoms with Gasteiger partial charge in [-0.15, -0.1) is 0 Å². The molecule has 20 heavy (non-hydrogen) atoms. The molecule has 114 valence electrons. The zero-order chi connectivity index (χ0) is 14.8. The van der Waals surface area contributed by atoms with Crippen molar-refractivity contribution >= 4 is 0 Å². The van der Waals surface area contributed by atoms with E-state index in [-0.39, 0.29) is 5.82 Å². The standard InChI is InChI=1S/C16H26FNO2/c1-4-19-8-5-9-20-16-7-6-14(10-15(16)17)12-18-11-13(2)3/h6-7,10,13,18H,4-5,8-9,11-12H2,1-3H3. The quantitative estimate of drug-likeness (QED) is 0.668. The maximum absolute atomic E-state index is 13.8. The lowest BCUT2D eigenvalue weighted by Crippen LogP contribution is -2.19. The minimum Gasteiger partial charge on any atom is -0.490 e. The molecule has 0 amide bonds. The molecule has 0 aliphatic heterocycles. The first-order valence-electron chi connectivity index (χ1n) is 7.33. The molecule has 1 N–H and O–H groups in total. The lowest BCUT2D eigenvalue weighted by molar-refractivity contribution is 0.130. The molecule has 0 radical (unpaired) electrons. The normalized spacial score (nSPS) is 11.1. The van der Waals surface area contributed by atoms with Crippen LogP contribution < -0.4 is 10.1 Å². The minimum atomic E-state index is -0.301. The molecule has 0 aliphatic carbocycles. The Kier molecular flexibility index (Phi) is 8.23. The molecular weight excluding hydrogens is 257 g/mol. The second kappa shape index (κ2) is 9.72. The predicted octanol–water partition coefficient (Wildman–Crippen LogP) is 3.38. The van der Waals surface area contributed by atoms with E-state index in [4.69, 9.17) is 9.47 Å². The maximum Gasteiger partial charge on any atom is 0.165 e. The van der Waals surface area contributed by atoms with Gasteiger partial charge in [-0.2, -0.15) is 0 Å². The molecule has 0 saturated heterocycles. The smallest absolute Gasteiger partial charge is 0.165 e. The van der Waals surface area contributed by atoms with E-state index in [1.165, 1.54) is 6.07 Å². The van der Waals surface area contributed by atoms with Crippen molar-refractivity contribution in [3.05, 3.63) is 29.6 Å². The fraction of sp³-hybridized carbons (Fsp3) is 0.625. The highest BCUT2D eigenvalue weighted by Gasteiger charge is 2.05. The van der Waals surface area contributed by atoms with Crippen LogP contribution >= 0.6 is 0 Å². The van der Waals surface area contributed by atoms with Gasteiger partial charge in [-0.25, -0.2) is 4.39 Å². The number of halogens is 1. The molecule has 1 rings (SSSR count).